The molecule has 0 saturated heterocycles. The lowest BCUT2D eigenvalue weighted by atomic mass is 10.0. The van der Waals surface area contributed by atoms with Gasteiger partial charge >= 0.3 is 0 Å². The highest BCUT2D eigenvalue weighted by molar-refractivity contribution is 7.19. The molecule has 1 amide bonds. The van der Waals surface area contributed by atoms with Gasteiger partial charge in [-0.3, -0.25) is 14.2 Å². The number of aryl methyl sites for hydroxylation is 1. The van der Waals surface area contributed by atoms with E-state index in [1.165, 1.54) is 22.2 Å². The lowest BCUT2D eigenvalue weighted by Gasteiger charge is -2.11. The van der Waals surface area contributed by atoms with Crippen molar-refractivity contribution in [3.8, 4) is 16.9 Å². The summed E-state index contributed by atoms with van der Waals surface area (Å²) in [4.78, 5) is 30.7. The van der Waals surface area contributed by atoms with Gasteiger partial charge in [-0.1, -0.05) is 19.1 Å². The van der Waals surface area contributed by atoms with Crippen LogP contribution in [0.2, 0.25) is 0 Å². The van der Waals surface area contributed by atoms with Gasteiger partial charge in [0, 0.05) is 10.4 Å². The Labute approximate surface area is 148 Å². The Hall–Kier alpha value is -2.67. The molecule has 1 unspecified atom stereocenters. The summed E-state index contributed by atoms with van der Waals surface area (Å²) in [6.45, 7) is 3.63. The van der Waals surface area contributed by atoms with Crippen LogP contribution in [0.4, 0.5) is 0 Å². The van der Waals surface area contributed by atoms with Crippen molar-refractivity contribution in [2.24, 2.45) is 5.73 Å². The van der Waals surface area contributed by atoms with Crippen LogP contribution in [0, 0.1) is 0 Å². The number of methoxy groups -OCH3 is 1. The molecule has 0 spiro atoms. The van der Waals surface area contributed by atoms with E-state index < -0.39 is 11.9 Å². The van der Waals surface area contributed by atoms with Crippen LogP contribution in [-0.4, -0.2) is 22.6 Å². The predicted molar refractivity (Wildman–Crippen MR) is 99.2 cm³/mol. The molecule has 2 N–H and O–H groups in total. The minimum atomic E-state index is -0.757. The second-order valence-electron chi connectivity index (χ2n) is 5.70. The van der Waals surface area contributed by atoms with Crippen molar-refractivity contribution >= 4 is 27.5 Å². The molecule has 3 aromatic rings. The smallest absolute Gasteiger partial charge is 0.263 e. The Bertz CT molecular complexity index is 1010. The Balaban J connectivity index is 2.34. The number of ether oxygens (including phenoxy) is 1. The number of carbonyl (C=O) groups excluding carboxylic acids is 1. The fraction of sp³-hybridized carbons (Fsp3) is 0.278. The molecule has 0 aliphatic carbocycles. The van der Waals surface area contributed by atoms with Gasteiger partial charge in [-0.05, 0) is 31.0 Å². The number of hydrogen-bond acceptors (Lipinski definition) is 5. The van der Waals surface area contributed by atoms with Crippen LogP contribution in [0.25, 0.3) is 21.3 Å². The summed E-state index contributed by atoms with van der Waals surface area (Å²) in [6.07, 6.45) is 2.17. The van der Waals surface area contributed by atoms with Crippen molar-refractivity contribution in [3.05, 3.63) is 45.8 Å². The van der Waals surface area contributed by atoms with E-state index in [0.29, 0.717) is 16.0 Å². The van der Waals surface area contributed by atoms with E-state index in [1.54, 1.807) is 14.0 Å². The summed E-state index contributed by atoms with van der Waals surface area (Å²) in [5.74, 6) is 0.144. The van der Waals surface area contributed by atoms with Crippen LogP contribution >= 0.6 is 11.3 Å². The molecule has 0 fully saturated rings. The quantitative estimate of drug-likeness (QED) is 0.760. The number of carbonyl (C=O) groups is 1. The number of primary amides is 1. The first kappa shape index (κ1) is 17.2. The van der Waals surface area contributed by atoms with Crippen LogP contribution in [0.3, 0.4) is 0 Å². The molecule has 7 heteroatoms. The molecule has 1 aromatic carbocycles. The highest BCUT2D eigenvalue weighted by atomic mass is 32.1. The molecule has 130 valence electrons. The molecule has 2 heterocycles. The van der Waals surface area contributed by atoms with Gasteiger partial charge in [0.15, 0.2) is 0 Å². The summed E-state index contributed by atoms with van der Waals surface area (Å²) < 4.78 is 6.60. The van der Waals surface area contributed by atoms with Crippen LogP contribution < -0.4 is 16.0 Å². The number of amides is 1. The van der Waals surface area contributed by atoms with Gasteiger partial charge in [-0.25, -0.2) is 4.98 Å². The molecule has 0 bridgehead atoms. The average Bonchev–Trinajstić information content (AvgIpc) is 3.01. The zero-order chi connectivity index (χ0) is 18.1. The van der Waals surface area contributed by atoms with E-state index in [2.05, 4.69) is 4.98 Å². The predicted octanol–water partition coefficient (Wildman–Crippen LogP) is 2.74. The van der Waals surface area contributed by atoms with Gasteiger partial charge in [0.05, 0.1) is 18.8 Å². The molecule has 0 aliphatic rings. The SMILES string of the molecule is CCc1sc2ncn(C(C)C(N)=O)c(=O)c2c1-c1cccc(OC)c1. The third-order valence-electron chi connectivity index (χ3n) is 4.22. The Morgan fingerprint density at radius 2 is 2.20 bits per heavy atom. The highest BCUT2D eigenvalue weighted by Crippen LogP contribution is 2.37. The maximum atomic E-state index is 13.0. The molecule has 0 saturated carbocycles. The summed E-state index contributed by atoms with van der Waals surface area (Å²) in [5.41, 5.74) is 6.85. The van der Waals surface area contributed by atoms with Crippen LogP contribution in [0.15, 0.2) is 35.4 Å². The minimum Gasteiger partial charge on any atom is -0.497 e. The summed E-state index contributed by atoms with van der Waals surface area (Å²) in [6, 6.07) is 6.83. The van der Waals surface area contributed by atoms with Gasteiger partial charge in [0.2, 0.25) is 5.91 Å². The van der Waals surface area contributed by atoms with Crippen LogP contribution in [0.1, 0.15) is 24.8 Å². The second-order valence-corrected chi connectivity index (χ2v) is 6.78. The normalized spacial score (nSPS) is 12.3. The van der Waals surface area contributed by atoms with Crippen molar-refractivity contribution in [2.45, 2.75) is 26.3 Å². The van der Waals surface area contributed by atoms with E-state index in [9.17, 15) is 9.59 Å². The summed E-state index contributed by atoms with van der Waals surface area (Å²) >= 11 is 1.49. The zero-order valence-electron chi connectivity index (χ0n) is 14.3. The third kappa shape index (κ3) is 2.91. The molecular weight excluding hydrogens is 338 g/mol. The van der Waals surface area contributed by atoms with Crippen molar-refractivity contribution in [3.63, 3.8) is 0 Å². The Morgan fingerprint density at radius 3 is 2.84 bits per heavy atom. The summed E-state index contributed by atoms with van der Waals surface area (Å²) in [5, 5.41) is 0.519. The number of hydrogen-bond donors (Lipinski definition) is 1. The molecule has 0 aliphatic heterocycles. The average molecular weight is 357 g/mol. The fourth-order valence-corrected chi connectivity index (χ4v) is 3.89. The molecule has 25 heavy (non-hydrogen) atoms. The maximum absolute atomic E-state index is 13.0. The van der Waals surface area contributed by atoms with Crippen molar-refractivity contribution in [2.75, 3.05) is 7.11 Å². The first-order valence-corrected chi connectivity index (χ1v) is 8.75. The van der Waals surface area contributed by atoms with Gasteiger partial charge in [0.25, 0.3) is 5.56 Å². The topological polar surface area (TPSA) is 87.2 Å². The monoisotopic (exact) mass is 357 g/mol. The van der Waals surface area contributed by atoms with E-state index in [4.69, 9.17) is 10.5 Å². The second kappa shape index (κ2) is 6.68. The van der Waals surface area contributed by atoms with Gasteiger partial charge < -0.3 is 10.5 Å². The number of nitrogens with two attached hydrogens (primary N) is 1. The van der Waals surface area contributed by atoms with E-state index in [0.717, 1.165) is 22.4 Å². The van der Waals surface area contributed by atoms with E-state index in [-0.39, 0.29) is 5.56 Å². The van der Waals surface area contributed by atoms with Crippen molar-refractivity contribution in [1.29, 1.82) is 0 Å². The third-order valence-corrected chi connectivity index (χ3v) is 5.46. The Morgan fingerprint density at radius 1 is 1.44 bits per heavy atom. The molecule has 3 rings (SSSR count). The largest absolute Gasteiger partial charge is 0.497 e. The fourth-order valence-electron chi connectivity index (χ4n) is 2.80. The number of rotatable bonds is 5. The van der Waals surface area contributed by atoms with Gasteiger partial charge in [-0.15, -0.1) is 11.3 Å². The molecule has 0 radical (unpaired) electrons. The van der Waals surface area contributed by atoms with Crippen LogP contribution in [0.5, 0.6) is 5.75 Å². The molecular formula is C18H19N3O3S. The molecule has 2 aromatic heterocycles. The zero-order valence-corrected chi connectivity index (χ0v) is 15.1. The standard InChI is InChI=1S/C18H19N3O3S/c1-4-13-14(11-6-5-7-12(8-11)24-3)15-17(25-13)20-9-21(18(15)23)10(2)16(19)22/h5-10H,4H2,1-3H3,(H2,19,22). The first-order valence-electron chi connectivity index (χ1n) is 7.94. The number of benzene rings is 1. The lowest BCUT2D eigenvalue weighted by Crippen LogP contribution is -2.32. The first-order chi connectivity index (χ1) is 12.0. The van der Waals surface area contributed by atoms with Crippen molar-refractivity contribution < 1.29 is 9.53 Å². The Kier molecular flexibility index (Phi) is 4.59. The number of fused-ring (bicyclic) bond motifs is 1. The molecule has 1 atom stereocenters. The van der Waals surface area contributed by atoms with E-state index >= 15 is 0 Å². The van der Waals surface area contributed by atoms with Gasteiger partial charge in [-0.2, -0.15) is 0 Å². The lowest BCUT2D eigenvalue weighted by molar-refractivity contribution is -0.120. The number of thiophene rings is 1. The van der Waals surface area contributed by atoms with Gasteiger partial charge in [0.1, 0.15) is 16.6 Å². The highest BCUT2D eigenvalue weighted by Gasteiger charge is 2.21. The molecule has 6 nitrogen and oxygen atoms in total. The maximum Gasteiger partial charge on any atom is 0.263 e. The summed E-state index contributed by atoms with van der Waals surface area (Å²) in [7, 11) is 1.61. The number of nitrogens with zero attached hydrogens (tertiary/aromatic N) is 2. The van der Waals surface area contributed by atoms with Crippen molar-refractivity contribution in [1.82, 2.24) is 9.55 Å². The minimum absolute atomic E-state index is 0.259. The van der Waals surface area contributed by atoms with Crippen LogP contribution in [-0.2, 0) is 11.2 Å². The number of aromatic nitrogens is 2. The van der Waals surface area contributed by atoms with E-state index in [1.807, 2.05) is 31.2 Å².